The molecule has 4 heteroatoms. The zero-order valence-corrected chi connectivity index (χ0v) is 8.34. The van der Waals surface area contributed by atoms with Gasteiger partial charge in [-0.1, -0.05) is 12.1 Å². The summed E-state index contributed by atoms with van der Waals surface area (Å²) in [5.74, 6) is -0.158. The van der Waals surface area contributed by atoms with Crippen molar-refractivity contribution in [3.8, 4) is 11.5 Å². The average Bonchev–Trinajstić information content (AvgIpc) is 2.27. The van der Waals surface area contributed by atoms with E-state index in [1.54, 1.807) is 19.1 Å². The first-order valence-corrected chi connectivity index (χ1v) is 4.80. The van der Waals surface area contributed by atoms with E-state index in [-0.39, 0.29) is 6.61 Å². The third-order valence-electron chi connectivity index (χ3n) is 2.48. The van der Waals surface area contributed by atoms with Crippen LogP contribution in [0.1, 0.15) is 6.92 Å². The van der Waals surface area contributed by atoms with Crippen LogP contribution < -0.4 is 9.47 Å². The number of para-hydroxylation sites is 2. The van der Waals surface area contributed by atoms with Gasteiger partial charge in [0.05, 0.1) is 5.92 Å². The molecule has 0 aliphatic carbocycles. The second kappa shape index (κ2) is 3.81. The lowest BCUT2D eigenvalue weighted by atomic mass is 10.1. The molecular formula is C11H12O4. The maximum atomic E-state index is 10.8. The molecule has 1 aliphatic rings. The quantitative estimate of drug-likeness (QED) is 0.801. The Morgan fingerprint density at radius 1 is 1.47 bits per heavy atom. The van der Waals surface area contributed by atoms with Crippen LogP contribution in [0.25, 0.3) is 0 Å². The summed E-state index contributed by atoms with van der Waals surface area (Å²) in [6.45, 7) is 1.90. The fourth-order valence-corrected chi connectivity index (χ4v) is 1.44. The number of carboxylic acid groups (broad SMARTS) is 1. The van der Waals surface area contributed by atoms with Crippen LogP contribution in [0.15, 0.2) is 24.3 Å². The smallest absolute Gasteiger partial charge is 0.310 e. The van der Waals surface area contributed by atoms with Gasteiger partial charge in [0.15, 0.2) is 11.5 Å². The Hall–Kier alpha value is -1.71. The van der Waals surface area contributed by atoms with Gasteiger partial charge in [-0.3, -0.25) is 4.79 Å². The van der Waals surface area contributed by atoms with Crippen LogP contribution in [0.5, 0.6) is 11.5 Å². The van der Waals surface area contributed by atoms with Crippen molar-refractivity contribution in [3.05, 3.63) is 24.3 Å². The Labute approximate surface area is 87.4 Å². The summed E-state index contributed by atoms with van der Waals surface area (Å²) in [6, 6.07) is 7.26. The predicted molar refractivity (Wildman–Crippen MR) is 53.2 cm³/mol. The molecule has 1 aliphatic heterocycles. The summed E-state index contributed by atoms with van der Waals surface area (Å²) >= 11 is 0. The van der Waals surface area contributed by atoms with E-state index in [2.05, 4.69) is 0 Å². The number of ether oxygens (including phenoxy) is 2. The van der Waals surface area contributed by atoms with Crippen molar-refractivity contribution in [2.45, 2.75) is 13.0 Å². The maximum absolute atomic E-state index is 10.8. The summed E-state index contributed by atoms with van der Waals surface area (Å²) < 4.78 is 11.0. The maximum Gasteiger partial charge on any atom is 0.310 e. The zero-order chi connectivity index (χ0) is 10.8. The molecule has 80 valence electrons. The Kier molecular flexibility index (Phi) is 2.49. The number of fused-ring (bicyclic) bond motifs is 1. The van der Waals surface area contributed by atoms with E-state index >= 15 is 0 Å². The molecule has 1 heterocycles. The molecule has 4 nitrogen and oxygen atoms in total. The molecule has 0 saturated heterocycles. The van der Waals surface area contributed by atoms with Gasteiger partial charge in [-0.15, -0.1) is 0 Å². The third kappa shape index (κ3) is 1.88. The molecule has 1 aromatic carbocycles. The van der Waals surface area contributed by atoms with Crippen LogP contribution >= 0.6 is 0 Å². The number of rotatable bonds is 2. The van der Waals surface area contributed by atoms with Gasteiger partial charge < -0.3 is 14.6 Å². The number of aliphatic carboxylic acids is 1. The highest BCUT2D eigenvalue weighted by Crippen LogP contribution is 2.32. The molecule has 1 aromatic rings. The molecule has 0 aromatic heterocycles. The summed E-state index contributed by atoms with van der Waals surface area (Å²) in [5.41, 5.74) is 0. The highest BCUT2D eigenvalue weighted by atomic mass is 16.6. The van der Waals surface area contributed by atoms with Gasteiger partial charge in [0.25, 0.3) is 0 Å². The minimum Gasteiger partial charge on any atom is -0.486 e. The number of hydrogen-bond donors (Lipinski definition) is 1. The van der Waals surface area contributed by atoms with Crippen molar-refractivity contribution in [1.29, 1.82) is 0 Å². The Balaban J connectivity index is 2.15. The fraction of sp³-hybridized carbons (Fsp3) is 0.364. The van der Waals surface area contributed by atoms with E-state index < -0.39 is 18.0 Å². The highest BCUT2D eigenvalue weighted by Gasteiger charge is 2.30. The summed E-state index contributed by atoms with van der Waals surface area (Å²) in [5, 5.41) is 8.85. The van der Waals surface area contributed by atoms with E-state index in [4.69, 9.17) is 14.6 Å². The van der Waals surface area contributed by atoms with Gasteiger partial charge in [-0.05, 0) is 19.1 Å². The number of carbonyl (C=O) groups is 1. The van der Waals surface area contributed by atoms with Crippen LogP contribution in [0.2, 0.25) is 0 Å². The Morgan fingerprint density at radius 2 is 2.13 bits per heavy atom. The lowest BCUT2D eigenvalue weighted by Crippen LogP contribution is -2.38. The van der Waals surface area contributed by atoms with Crippen molar-refractivity contribution >= 4 is 5.97 Å². The standard InChI is InChI=1S/C11H12O4/c1-7(11(12)13)10-6-14-8-4-2-3-5-9(8)15-10/h2-5,7,10H,6H2,1H3,(H,12,13). The topological polar surface area (TPSA) is 55.8 Å². The predicted octanol–water partition coefficient (Wildman–Crippen LogP) is 1.55. The highest BCUT2D eigenvalue weighted by molar-refractivity contribution is 5.70. The second-order valence-electron chi connectivity index (χ2n) is 3.54. The SMILES string of the molecule is CC(C(=O)O)C1COc2ccccc2O1. The second-order valence-corrected chi connectivity index (χ2v) is 3.54. The van der Waals surface area contributed by atoms with Crippen LogP contribution in [0, 0.1) is 5.92 Å². The van der Waals surface area contributed by atoms with E-state index in [0.29, 0.717) is 11.5 Å². The van der Waals surface area contributed by atoms with E-state index in [1.807, 2.05) is 12.1 Å². The first kappa shape index (κ1) is 9.83. The molecule has 0 fully saturated rings. The van der Waals surface area contributed by atoms with Gasteiger partial charge in [0.2, 0.25) is 0 Å². The van der Waals surface area contributed by atoms with Crippen molar-refractivity contribution < 1.29 is 19.4 Å². The van der Waals surface area contributed by atoms with E-state index in [9.17, 15) is 4.79 Å². The van der Waals surface area contributed by atoms with Crippen LogP contribution in [0.3, 0.4) is 0 Å². The van der Waals surface area contributed by atoms with Crippen LogP contribution in [0.4, 0.5) is 0 Å². The van der Waals surface area contributed by atoms with Gasteiger partial charge in [0, 0.05) is 0 Å². The minimum absolute atomic E-state index is 0.282. The van der Waals surface area contributed by atoms with Crippen molar-refractivity contribution in [3.63, 3.8) is 0 Å². The van der Waals surface area contributed by atoms with Crippen LogP contribution in [-0.2, 0) is 4.79 Å². The molecule has 2 rings (SSSR count). The first-order chi connectivity index (χ1) is 7.18. The third-order valence-corrected chi connectivity index (χ3v) is 2.48. The number of carboxylic acids is 1. The summed E-state index contributed by atoms with van der Waals surface area (Å²) in [7, 11) is 0. The average molecular weight is 208 g/mol. The van der Waals surface area contributed by atoms with Gasteiger partial charge in [-0.2, -0.15) is 0 Å². The lowest BCUT2D eigenvalue weighted by molar-refractivity contribution is -0.145. The van der Waals surface area contributed by atoms with Gasteiger partial charge in [-0.25, -0.2) is 0 Å². The molecule has 0 bridgehead atoms. The molecular weight excluding hydrogens is 196 g/mol. The molecule has 1 N–H and O–H groups in total. The zero-order valence-electron chi connectivity index (χ0n) is 8.34. The Morgan fingerprint density at radius 3 is 2.80 bits per heavy atom. The minimum atomic E-state index is -0.872. The van der Waals surface area contributed by atoms with Gasteiger partial charge in [0.1, 0.15) is 12.7 Å². The fourth-order valence-electron chi connectivity index (χ4n) is 1.44. The molecule has 0 amide bonds. The Bertz CT molecular complexity index is 375. The molecule has 0 spiro atoms. The van der Waals surface area contributed by atoms with Gasteiger partial charge >= 0.3 is 5.97 Å². The normalized spacial score (nSPS) is 20.7. The lowest BCUT2D eigenvalue weighted by Gasteiger charge is -2.28. The van der Waals surface area contributed by atoms with Crippen molar-refractivity contribution in [2.75, 3.05) is 6.61 Å². The summed E-state index contributed by atoms with van der Waals surface area (Å²) in [6.07, 6.45) is -0.419. The van der Waals surface area contributed by atoms with Crippen molar-refractivity contribution in [1.82, 2.24) is 0 Å². The molecule has 2 unspecified atom stereocenters. The van der Waals surface area contributed by atoms with Crippen molar-refractivity contribution in [2.24, 2.45) is 5.92 Å². The molecule has 2 atom stereocenters. The van der Waals surface area contributed by atoms with Crippen LogP contribution in [-0.4, -0.2) is 23.8 Å². The first-order valence-electron chi connectivity index (χ1n) is 4.80. The molecule has 15 heavy (non-hydrogen) atoms. The van der Waals surface area contributed by atoms with E-state index in [1.165, 1.54) is 0 Å². The summed E-state index contributed by atoms with van der Waals surface area (Å²) in [4.78, 5) is 10.8. The molecule has 0 saturated carbocycles. The number of benzene rings is 1. The number of hydrogen-bond acceptors (Lipinski definition) is 3. The molecule has 0 radical (unpaired) electrons. The largest absolute Gasteiger partial charge is 0.486 e. The monoisotopic (exact) mass is 208 g/mol. The van der Waals surface area contributed by atoms with E-state index in [0.717, 1.165) is 0 Å².